The van der Waals surface area contributed by atoms with Crippen LogP contribution in [0.4, 0.5) is 10.1 Å². The Balaban J connectivity index is 1.52. The molecule has 0 saturated heterocycles. The number of aryl methyl sites for hydroxylation is 1. The SMILES string of the molecule is Cc1nc2ccc(C(=O)Nc3ccc(CC(=O)NCCO)cc3)cc2n1-c1ccc(F)cc1. The van der Waals surface area contributed by atoms with E-state index in [0.29, 0.717) is 11.3 Å². The lowest BCUT2D eigenvalue weighted by Gasteiger charge is -2.09. The maximum Gasteiger partial charge on any atom is 0.255 e. The van der Waals surface area contributed by atoms with Crippen LogP contribution in [0.1, 0.15) is 21.7 Å². The summed E-state index contributed by atoms with van der Waals surface area (Å²) in [6.07, 6.45) is 0.192. The molecule has 4 rings (SSSR count). The van der Waals surface area contributed by atoms with Crippen molar-refractivity contribution in [3.8, 4) is 5.69 Å². The molecule has 3 N–H and O–H groups in total. The molecule has 8 heteroatoms. The smallest absolute Gasteiger partial charge is 0.255 e. The van der Waals surface area contributed by atoms with Gasteiger partial charge in [0.05, 0.1) is 24.1 Å². The van der Waals surface area contributed by atoms with Gasteiger partial charge in [0.1, 0.15) is 11.6 Å². The van der Waals surface area contributed by atoms with Gasteiger partial charge < -0.3 is 15.7 Å². The fourth-order valence-corrected chi connectivity index (χ4v) is 3.61. The van der Waals surface area contributed by atoms with E-state index in [0.717, 1.165) is 28.1 Å². The summed E-state index contributed by atoms with van der Waals surface area (Å²) in [5.74, 6) is -0.0532. The average molecular weight is 446 g/mol. The Morgan fingerprint density at radius 1 is 1.03 bits per heavy atom. The molecule has 2 amide bonds. The van der Waals surface area contributed by atoms with Gasteiger partial charge in [-0.05, 0) is 67.1 Å². The van der Waals surface area contributed by atoms with Gasteiger partial charge in [-0.3, -0.25) is 14.2 Å². The number of halogens is 1. The summed E-state index contributed by atoms with van der Waals surface area (Å²) in [7, 11) is 0. The first kappa shape index (κ1) is 22.2. The molecule has 0 aliphatic carbocycles. The van der Waals surface area contributed by atoms with Crippen LogP contribution in [0.15, 0.2) is 66.7 Å². The molecule has 0 aliphatic rings. The third kappa shape index (κ3) is 5.07. The van der Waals surface area contributed by atoms with E-state index in [9.17, 15) is 14.0 Å². The first-order valence-electron chi connectivity index (χ1n) is 10.5. The molecule has 3 aromatic carbocycles. The topological polar surface area (TPSA) is 96.2 Å². The fraction of sp³-hybridized carbons (Fsp3) is 0.160. The molecule has 0 aliphatic heterocycles. The zero-order valence-electron chi connectivity index (χ0n) is 18.0. The molecule has 0 fully saturated rings. The Kier molecular flexibility index (Phi) is 6.46. The van der Waals surface area contributed by atoms with Crippen molar-refractivity contribution >= 4 is 28.5 Å². The molecule has 0 bridgehead atoms. The summed E-state index contributed by atoms with van der Waals surface area (Å²) in [6.45, 7) is 1.97. The van der Waals surface area contributed by atoms with E-state index in [-0.39, 0.29) is 37.2 Å². The highest BCUT2D eigenvalue weighted by atomic mass is 19.1. The van der Waals surface area contributed by atoms with Crippen LogP contribution in [0.5, 0.6) is 0 Å². The molecule has 7 nitrogen and oxygen atoms in total. The van der Waals surface area contributed by atoms with Crippen molar-refractivity contribution in [3.05, 3.63) is 89.5 Å². The summed E-state index contributed by atoms with van der Waals surface area (Å²) in [4.78, 5) is 29.2. The van der Waals surface area contributed by atoms with Crippen molar-refractivity contribution in [2.24, 2.45) is 0 Å². The Labute approximate surface area is 189 Å². The van der Waals surface area contributed by atoms with Gasteiger partial charge in [0.2, 0.25) is 5.91 Å². The second-order valence-corrected chi connectivity index (χ2v) is 7.58. The number of aromatic nitrogens is 2. The van der Waals surface area contributed by atoms with E-state index in [2.05, 4.69) is 15.6 Å². The third-order valence-electron chi connectivity index (χ3n) is 5.18. The number of hydrogen-bond donors (Lipinski definition) is 3. The van der Waals surface area contributed by atoms with Crippen molar-refractivity contribution < 1.29 is 19.1 Å². The van der Waals surface area contributed by atoms with Gasteiger partial charge in [0, 0.05) is 23.5 Å². The Morgan fingerprint density at radius 2 is 1.76 bits per heavy atom. The lowest BCUT2D eigenvalue weighted by molar-refractivity contribution is -0.120. The van der Waals surface area contributed by atoms with Crippen LogP contribution in [0.2, 0.25) is 0 Å². The number of aliphatic hydroxyl groups is 1. The van der Waals surface area contributed by atoms with Gasteiger partial charge in [0.25, 0.3) is 5.91 Å². The molecule has 0 unspecified atom stereocenters. The van der Waals surface area contributed by atoms with Crippen LogP contribution in [0.25, 0.3) is 16.7 Å². The van der Waals surface area contributed by atoms with Crippen LogP contribution in [-0.2, 0) is 11.2 Å². The Bertz CT molecular complexity index is 1300. The van der Waals surface area contributed by atoms with Gasteiger partial charge >= 0.3 is 0 Å². The summed E-state index contributed by atoms with van der Waals surface area (Å²) in [5, 5.41) is 14.2. The minimum absolute atomic E-state index is 0.104. The number of anilines is 1. The summed E-state index contributed by atoms with van der Waals surface area (Å²) in [5.41, 5.74) is 4.09. The molecule has 1 aromatic heterocycles. The molecule has 4 aromatic rings. The second-order valence-electron chi connectivity index (χ2n) is 7.58. The number of hydrogen-bond acceptors (Lipinski definition) is 4. The number of carbonyl (C=O) groups is 2. The van der Waals surface area contributed by atoms with E-state index in [1.165, 1.54) is 12.1 Å². The summed E-state index contributed by atoms with van der Waals surface area (Å²) < 4.78 is 15.2. The molecule has 0 saturated carbocycles. The minimum Gasteiger partial charge on any atom is -0.395 e. The molecule has 1 heterocycles. The second kappa shape index (κ2) is 9.62. The number of carbonyl (C=O) groups excluding carboxylic acids is 2. The van der Waals surface area contributed by atoms with E-state index in [1.54, 1.807) is 54.6 Å². The normalized spacial score (nSPS) is 10.9. The molecule has 0 radical (unpaired) electrons. The van der Waals surface area contributed by atoms with E-state index >= 15 is 0 Å². The zero-order chi connectivity index (χ0) is 23.4. The lowest BCUT2D eigenvalue weighted by Crippen LogP contribution is -2.27. The number of aliphatic hydroxyl groups excluding tert-OH is 1. The van der Waals surface area contributed by atoms with Crippen LogP contribution in [0, 0.1) is 12.7 Å². The number of amides is 2. The Morgan fingerprint density at radius 3 is 2.45 bits per heavy atom. The van der Waals surface area contributed by atoms with Gasteiger partial charge in [-0.2, -0.15) is 0 Å². The zero-order valence-corrected chi connectivity index (χ0v) is 18.0. The van der Waals surface area contributed by atoms with Gasteiger partial charge in [0.15, 0.2) is 0 Å². The molecular weight excluding hydrogens is 423 g/mol. The fourth-order valence-electron chi connectivity index (χ4n) is 3.61. The standard InChI is InChI=1S/C25H23FN4O3/c1-16-28-22-11-4-18(15-23(22)30(16)21-9-5-19(26)6-10-21)25(33)29-20-7-2-17(3-8-20)14-24(32)27-12-13-31/h2-11,15,31H,12-14H2,1H3,(H,27,32)(H,29,33). The van der Waals surface area contributed by atoms with E-state index in [4.69, 9.17) is 5.11 Å². The van der Waals surface area contributed by atoms with Crippen molar-refractivity contribution in [1.29, 1.82) is 0 Å². The van der Waals surface area contributed by atoms with E-state index in [1.807, 2.05) is 11.5 Å². The van der Waals surface area contributed by atoms with Gasteiger partial charge in [-0.15, -0.1) is 0 Å². The van der Waals surface area contributed by atoms with Crippen molar-refractivity contribution in [2.45, 2.75) is 13.3 Å². The molecular formula is C25H23FN4O3. The van der Waals surface area contributed by atoms with E-state index < -0.39 is 0 Å². The monoisotopic (exact) mass is 446 g/mol. The maximum atomic E-state index is 13.3. The first-order chi connectivity index (χ1) is 15.9. The average Bonchev–Trinajstić information content (AvgIpc) is 3.14. The van der Waals surface area contributed by atoms with Crippen LogP contribution < -0.4 is 10.6 Å². The molecule has 168 valence electrons. The maximum absolute atomic E-state index is 13.3. The van der Waals surface area contributed by atoms with Crippen LogP contribution in [-0.4, -0.2) is 39.6 Å². The highest BCUT2D eigenvalue weighted by Gasteiger charge is 2.14. The summed E-state index contributed by atoms with van der Waals surface area (Å²) >= 11 is 0. The molecule has 33 heavy (non-hydrogen) atoms. The quantitative estimate of drug-likeness (QED) is 0.406. The number of imidazole rings is 1. The van der Waals surface area contributed by atoms with Crippen molar-refractivity contribution in [2.75, 3.05) is 18.5 Å². The number of benzene rings is 3. The van der Waals surface area contributed by atoms with Crippen molar-refractivity contribution in [3.63, 3.8) is 0 Å². The van der Waals surface area contributed by atoms with Crippen LogP contribution in [0.3, 0.4) is 0 Å². The van der Waals surface area contributed by atoms with Crippen molar-refractivity contribution in [1.82, 2.24) is 14.9 Å². The van der Waals surface area contributed by atoms with Crippen LogP contribution >= 0.6 is 0 Å². The third-order valence-corrected chi connectivity index (χ3v) is 5.18. The van der Waals surface area contributed by atoms with Gasteiger partial charge in [-0.1, -0.05) is 12.1 Å². The highest BCUT2D eigenvalue weighted by Crippen LogP contribution is 2.23. The number of nitrogens with one attached hydrogen (secondary N) is 2. The molecule has 0 atom stereocenters. The van der Waals surface area contributed by atoms with Gasteiger partial charge in [-0.25, -0.2) is 9.37 Å². The highest BCUT2D eigenvalue weighted by molar-refractivity contribution is 6.06. The number of nitrogens with zero attached hydrogens (tertiary/aromatic N) is 2. The number of fused-ring (bicyclic) bond motifs is 1. The summed E-state index contributed by atoms with van der Waals surface area (Å²) in [6, 6.07) is 18.4. The number of rotatable bonds is 7. The predicted octanol–water partition coefficient (Wildman–Crippen LogP) is 3.38. The lowest BCUT2D eigenvalue weighted by atomic mass is 10.1. The predicted molar refractivity (Wildman–Crippen MR) is 124 cm³/mol. The Hall–Kier alpha value is -4.04. The largest absolute Gasteiger partial charge is 0.395 e. The first-order valence-corrected chi connectivity index (χ1v) is 10.5. The minimum atomic E-state index is -0.322. The molecule has 0 spiro atoms.